The molecule has 2 aromatic rings. The van der Waals surface area contributed by atoms with Crippen molar-refractivity contribution in [2.24, 2.45) is 5.73 Å². The quantitative estimate of drug-likeness (QED) is 0.652. The summed E-state index contributed by atoms with van der Waals surface area (Å²) in [5, 5.41) is 7.82. The van der Waals surface area contributed by atoms with Crippen LogP contribution in [0.4, 0.5) is 0 Å². The molecule has 0 atom stereocenters. The number of pyridine rings is 2. The molecule has 2 rings (SSSR count). The number of halogens is 1. The molecule has 92 valence electrons. The first kappa shape index (κ1) is 12.3. The van der Waals surface area contributed by atoms with E-state index in [-0.39, 0.29) is 5.84 Å². The van der Waals surface area contributed by atoms with Crippen LogP contribution in [0.25, 0.3) is 0 Å². The Morgan fingerprint density at radius 1 is 1.39 bits per heavy atom. The maximum absolute atomic E-state index is 7.30. The zero-order valence-corrected chi connectivity index (χ0v) is 10.2. The van der Waals surface area contributed by atoms with Gasteiger partial charge in [-0.1, -0.05) is 11.6 Å². The minimum absolute atomic E-state index is 0.0683. The Balaban J connectivity index is 2.06. The third-order valence-electron chi connectivity index (χ3n) is 2.19. The van der Waals surface area contributed by atoms with Crippen molar-refractivity contribution >= 4 is 17.4 Å². The van der Waals surface area contributed by atoms with Gasteiger partial charge in [-0.3, -0.25) is 15.4 Å². The van der Waals surface area contributed by atoms with Crippen LogP contribution < -0.4 is 10.5 Å². The van der Waals surface area contributed by atoms with Crippen LogP contribution in [0, 0.1) is 5.41 Å². The summed E-state index contributed by atoms with van der Waals surface area (Å²) in [7, 11) is 0. The largest absolute Gasteiger partial charge is 0.487 e. The highest BCUT2D eigenvalue weighted by molar-refractivity contribution is 6.30. The predicted octanol–water partition coefficient (Wildman–Crippen LogP) is 1.99. The Hall–Kier alpha value is -2.14. The summed E-state index contributed by atoms with van der Waals surface area (Å²) in [6, 6.07) is 5.19. The zero-order valence-electron chi connectivity index (χ0n) is 9.43. The van der Waals surface area contributed by atoms with Crippen LogP contribution in [-0.4, -0.2) is 15.8 Å². The van der Waals surface area contributed by atoms with E-state index in [0.717, 1.165) is 5.56 Å². The summed E-state index contributed by atoms with van der Waals surface area (Å²) in [5.41, 5.74) is 6.66. The van der Waals surface area contributed by atoms with Crippen molar-refractivity contribution in [3.63, 3.8) is 0 Å². The standard InChI is InChI=1S/C12H11ClN4O/c13-9-4-10(6-16-5-9)18-7-8-1-2-17-11(3-8)12(14)15/h1-6H,7H2,(H3,14,15). The lowest BCUT2D eigenvalue weighted by molar-refractivity contribution is 0.305. The van der Waals surface area contributed by atoms with Gasteiger partial charge in [-0.05, 0) is 17.7 Å². The first-order valence-corrected chi connectivity index (χ1v) is 5.55. The molecule has 0 saturated carbocycles. The number of ether oxygens (including phenoxy) is 1. The van der Waals surface area contributed by atoms with Gasteiger partial charge in [-0.25, -0.2) is 0 Å². The zero-order chi connectivity index (χ0) is 13.0. The van der Waals surface area contributed by atoms with E-state index in [9.17, 15) is 0 Å². The van der Waals surface area contributed by atoms with E-state index in [2.05, 4.69) is 9.97 Å². The molecular formula is C12H11ClN4O. The maximum Gasteiger partial charge on any atom is 0.141 e. The molecule has 0 aliphatic carbocycles. The van der Waals surface area contributed by atoms with Gasteiger partial charge in [-0.15, -0.1) is 0 Å². The summed E-state index contributed by atoms with van der Waals surface area (Å²) in [6.45, 7) is 0.338. The van der Waals surface area contributed by atoms with Crippen LogP contribution in [0.1, 0.15) is 11.3 Å². The van der Waals surface area contributed by atoms with Crippen molar-refractivity contribution in [1.82, 2.24) is 9.97 Å². The van der Waals surface area contributed by atoms with Crippen molar-refractivity contribution < 1.29 is 4.74 Å². The Morgan fingerprint density at radius 3 is 2.94 bits per heavy atom. The van der Waals surface area contributed by atoms with E-state index in [1.54, 1.807) is 30.6 Å². The first-order chi connectivity index (χ1) is 8.65. The lowest BCUT2D eigenvalue weighted by atomic mass is 10.2. The minimum Gasteiger partial charge on any atom is -0.487 e. The molecule has 0 aliphatic heterocycles. The summed E-state index contributed by atoms with van der Waals surface area (Å²) in [4.78, 5) is 7.89. The number of hydrogen-bond acceptors (Lipinski definition) is 4. The molecule has 18 heavy (non-hydrogen) atoms. The lowest BCUT2D eigenvalue weighted by Crippen LogP contribution is -2.13. The first-order valence-electron chi connectivity index (χ1n) is 5.18. The lowest BCUT2D eigenvalue weighted by Gasteiger charge is -2.06. The van der Waals surface area contributed by atoms with Gasteiger partial charge in [0.25, 0.3) is 0 Å². The summed E-state index contributed by atoms with van der Waals surface area (Å²) in [6.07, 6.45) is 4.71. The van der Waals surface area contributed by atoms with Gasteiger partial charge in [0.15, 0.2) is 0 Å². The van der Waals surface area contributed by atoms with Gasteiger partial charge in [0.1, 0.15) is 23.9 Å². The molecule has 0 radical (unpaired) electrons. The fraction of sp³-hybridized carbons (Fsp3) is 0.0833. The number of nitrogens with one attached hydrogen (secondary N) is 1. The van der Waals surface area contributed by atoms with Gasteiger partial charge in [-0.2, -0.15) is 0 Å². The van der Waals surface area contributed by atoms with E-state index in [1.807, 2.05) is 0 Å². The number of aromatic nitrogens is 2. The third-order valence-corrected chi connectivity index (χ3v) is 2.39. The Bertz CT molecular complexity index is 574. The second kappa shape index (κ2) is 5.46. The molecule has 0 amide bonds. The van der Waals surface area contributed by atoms with Crippen LogP contribution >= 0.6 is 11.6 Å². The highest BCUT2D eigenvalue weighted by Crippen LogP contribution is 2.16. The molecule has 0 saturated heterocycles. The molecule has 6 heteroatoms. The number of amidine groups is 1. The maximum atomic E-state index is 7.30. The Morgan fingerprint density at radius 2 is 2.22 bits per heavy atom. The third kappa shape index (κ3) is 3.18. The highest BCUT2D eigenvalue weighted by Gasteiger charge is 2.02. The summed E-state index contributed by atoms with van der Waals surface area (Å²) >= 11 is 5.80. The van der Waals surface area contributed by atoms with Gasteiger partial charge in [0, 0.05) is 18.5 Å². The van der Waals surface area contributed by atoms with E-state index in [4.69, 9.17) is 27.5 Å². The normalized spacial score (nSPS) is 10.1. The fourth-order valence-electron chi connectivity index (χ4n) is 1.35. The van der Waals surface area contributed by atoms with Crippen LogP contribution in [0.3, 0.4) is 0 Å². The Kier molecular flexibility index (Phi) is 3.74. The van der Waals surface area contributed by atoms with Gasteiger partial charge in [0.2, 0.25) is 0 Å². The molecule has 0 aliphatic rings. The molecule has 0 fully saturated rings. The summed E-state index contributed by atoms with van der Waals surface area (Å²) < 4.78 is 5.52. The van der Waals surface area contributed by atoms with Gasteiger partial charge < -0.3 is 10.5 Å². The van der Waals surface area contributed by atoms with E-state index in [0.29, 0.717) is 23.1 Å². The Labute approximate surface area is 109 Å². The molecule has 5 nitrogen and oxygen atoms in total. The smallest absolute Gasteiger partial charge is 0.141 e. The molecule has 2 heterocycles. The number of rotatable bonds is 4. The average molecular weight is 263 g/mol. The van der Waals surface area contributed by atoms with Crippen LogP contribution in [0.15, 0.2) is 36.8 Å². The fourth-order valence-corrected chi connectivity index (χ4v) is 1.51. The predicted molar refractivity (Wildman–Crippen MR) is 68.8 cm³/mol. The molecule has 0 aromatic carbocycles. The molecule has 0 unspecified atom stereocenters. The number of nitrogen functional groups attached to an aromatic ring is 1. The topological polar surface area (TPSA) is 84.9 Å². The molecule has 3 N–H and O–H groups in total. The minimum atomic E-state index is -0.0683. The van der Waals surface area contributed by atoms with Crippen LogP contribution in [0.2, 0.25) is 5.02 Å². The molecule has 2 aromatic heterocycles. The van der Waals surface area contributed by atoms with Crippen molar-refractivity contribution in [2.75, 3.05) is 0 Å². The highest BCUT2D eigenvalue weighted by atomic mass is 35.5. The second-order valence-electron chi connectivity index (χ2n) is 3.59. The summed E-state index contributed by atoms with van der Waals surface area (Å²) in [5.74, 6) is 0.518. The van der Waals surface area contributed by atoms with Gasteiger partial charge in [0.05, 0.1) is 11.2 Å². The van der Waals surface area contributed by atoms with Crippen molar-refractivity contribution in [1.29, 1.82) is 5.41 Å². The number of hydrogen-bond donors (Lipinski definition) is 2. The second-order valence-corrected chi connectivity index (χ2v) is 4.03. The van der Waals surface area contributed by atoms with Crippen LogP contribution in [0.5, 0.6) is 5.75 Å². The van der Waals surface area contributed by atoms with E-state index in [1.165, 1.54) is 6.20 Å². The molecule has 0 spiro atoms. The molecular weight excluding hydrogens is 252 g/mol. The average Bonchev–Trinajstić information content (AvgIpc) is 2.37. The van der Waals surface area contributed by atoms with E-state index < -0.39 is 0 Å². The monoisotopic (exact) mass is 262 g/mol. The van der Waals surface area contributed by atoms with Crippen LogP contribution in [-0.2, 0) is 6.61 Å². The van der Waals surface area contributed by atoms with Crippen molar-refractivity contribution in [3.05, 3.63) is 53.1 Å². The number of nitrogens with two attached hydrogens (primary N) is 1. The SMILES string of the molecule is N=C(N)c1cc(COc2cncc(Cl)c2)ccn1. The number of nitrogens with zero attached hydrogens (tertiary/aromatic N) is 2. The molecule has 0 bridgehead atoms. The van der Waals surface area contributed by atoms with E-state index >= 15 is 0 Å². The van der Waals surface area contributed by atoms with Crippen molar-refractivity contribution in [3.8, 4) is 5.75 Å². The van der Waals surface area contributed by atoms with Crippen molar-refractivity contribution in [2.45, 2.75) is 6.61 Å². The van der Waals surface area contributed by atoms with Gasteiger partial charge >= 0.3 is 0 Å².